The molecule has 34 heavy (non-hydrogen) atoms. The lowest BCUT2D eigenvalue weighted by Gasteiger charge is -2.35. The van der Waals surface area contributed by atoms with Crippen molar-refractivity contribution < 1.29 is 9.47 Å². The molecule has 1 aliphatic rings. The molecule has 0 unspecified atom stereocenters. The van der Waals surface area contributed by atoms with Crippen LogP contribution in [0, 0.1) is 20.8 Å². The summed E-state index contributed by atoms with van der Waals surface area (Å²) in [4.78, 5) is 13.3. The second kappa shape index (κ2) is 8.68. The van der Waals surface area contributed by atoms with Crippen LogP contribution < -0.4 is 10.1 Å². The van der Waals surface area contributed by atoms with Crippen LogP contribution in [-0.4, -0.2) is 42.9 Å². The molecule has 0 aromatic carbocycles. The molecule has 0 bridgehead atoms. The van der Waals surface area contributed by atoms with Gasteiger partial charge in [0.1, 0.15) is 23.5 Å². The van der Waals surface area contributed by atoms with Crippen LogP contribution in [0.5, 0.6) is 5.75 Å². The maximum atomic E-state index is 6.46. The molecule has 1 aliphatic heterocycles. The topological polar surface area (TPSA) is 86.5 Å². The summed E-state index contributed by atoms with van der Waals surface area (Å²) < 4.78 is 14.2. The average Bonchev–Trinajstić information content (AvgIpc) is 3.15. The summed E-state index contributed by atoms with van der Waals surface area (Å²) in [7, 11) is 0. The highest BCUT2D eigenvalue weighted by Crippen LogP contribution is 2.34. The van der Waals surface area contributed by atoms with Crippen molar-refractivity contribution in [1.82, 2.24) is 24.6 Å². The summed E-state index contributed by atoms with van der Waals surface area (Å²) in [6.07, 6.45) is 5.61. The van der Waals surface area contributed by atoms with Gasteiger partial charge < -0.3 is 14.8 Å². The van der Waals surface area contributed by atoms with Crippen molar-refractivity contribution in [3.63, 3.8) is 0 Å². The molecule has 0 amide bonds. The second-order valence-electron chi connectivity index (χ2n) is 9.54. The molecular formula is C26H30N6O2. The third-order valence-corrected chi connectivity index (χ3v) is 5.95. The van der Waals surface area contributed by atoms with Gasteiger partial charge >= 0.3 is 0 Å². The Balaban J connectivity index is 1.44. The lowest BCUT2D eigenvalue weighted by Crippen LogP contribution is -2.39. The zero-order valence-corrected chi connectivity index (χ0v) is 20.3. The lowest BCUT2D eigenvalue weighted by molar-refractivity contribution is -0.0896. The Bertz CT molecular complexity index is 1330. The number of nitrogens with zero attached hydrogens (tertiary/aromatic N) is 5. The highest BCUT2D eigenvalue weighted by Gasteiger charge is 2.30. The molecule has 0 radical (unpaired) electrons. The van der Waals surface area contributed by atoms with Gasteiger partial charge in [0.05, 0.1) is 23.9 Å². The van der Waals surface area contributed by atoms with Crippen LogP contribution in [0.4, 0.5) is 11.6 Å². The highest BCUT2D eigenvalue weighted by atomic mass is 16.5. The molecular weight excluding hydrogens is 428 g/mol. The van der Waals surface area contributed by atoms with Crippen molar-refractivity contribution in [3.05, 3.63) is 59.9 Å². The molecule has 176 valence electrons. The van der Waals surface area contributed by atoms with Crippen LogP contribution in [0.1, 0.15) is 43.9 Å². The fourth-order valence-electron chi connectivity index (χ4n) is 4.46. The van der Waals surface area contributed by atoms with E-state index in [1.807, 2.05) is 49.8 Å². The smallest absolute Gasteiger partial charge is 0.154 e. The number of ether oxygens (including phenoxy) is 2. The molecule has 1 atom stereocenters. The van der Waals surface area contributed by atoms with Crippen molar-refractivity contribution >= 4 is 17.2 Å². The molecule has 0 saturated carbocycles. The fraction of sp³-hybridized carbons (Fsp3) is 0.385. The van der Waals surface area contributed by atoms with Gasteiger partial charge in [-0.3, -0.25) is 4.98 Å². The van der Waals surface area contributed by atoms with Gasteiger partial charge in [-0.05, 0) is 58.4 Å². The Labute approximate surface area is 199 Å². The number of aryl methyl sites for hydroxylation is 3. The van der Waals surface area contributed by atoms with E-state index >= 15 is 0 Å². The number of hydrogen-bond acceptors (Lipinski definition) is 7. The third-order valence-electron chi connectivity index (χ3n) is 5.95. The summed E-state index contributed by atoms with van der Waals surface area (Å²) >= 11 is 0. The molecule has 1 N–H and O–H groups in total. The number of rotatable bonds is 5. The fourth-order valence-corrected chi connectivity index (χ4v) is 4.46. The summed E-state index contributed by atoms with van der Waals surface area (Å²) in [5.74, 6) is 2.97. The average molecular weight is 459 g/mol. The first-order chi connectivity index (χ1) is 16.2. The minimum Gasteiger partial charge on any atom is -0.488 e. The molecule has 4 aromatic heterocycles. The van der Waals surface area contributed by atoms with Crippen molar-refractivity contribution in [1.29, 1.82) is 0 Å². The molecule has 4 aromatic rings. The predicted molar refractivity (Wildman–Crippen MR) is 132 cm³/mol. The Morgan fingerprint density at radius 2 is 1.91 bits per heavy atom. The predicted octanol–water partition coefficient (Wildman–Crippen LogP) is 5.19. The van der Waals surface area contributed by atoms with Crippen LogP contribution in [0.15, 0.2) is 42.7 Å². The number of pyridine rings is 2. The summed E-state index contributed by atoms with van der Waals surface area (Å²) in [6.45, 7) is 10.8. The zero-order chi connectivity index (χ0) is 23.9. The molecule has 5 heterocycles. The van der Waals surface area contributed by atoms with E-state index in [-0.39, 0.29) is 11.7 Å². The molecule has 0 spiro atoms. The quantitative estimate of drug-likeness (QED) is 0.440. The van der Waals surface area contributed by atoms with E-state index in [0.29, 0.717) is 6.61 Å². The minimum absolute atomic E-state index is 0.0984. The van der Waals surface area contributed by atoms with E-state index in [4.69, 9.17) is 9.47 Å². The molecule has 1 saturated heterocycles. The van der Waals surface area contributed by atoms with Gasteiger partial charge in [-0.1, -0.05) is 0 Å². The lowest BCUT2D eigenvalue weighted by atomic mass is 9.95. The van der Waals surface area contributed by atoms with E-state index < -0.39 is 0 Å². The zero-order valence-electron chi connectivity index (χ0n) is 20.3. The monoisotopic (exact) mass is 458 g/mol. The van der Waals surface area contributed by atoms with Crippen LogP contribution in [0.2, 0.25) is 0 Å². The second-order valence-corrected chi connectivity index (χ2v) is 9.54. The number of nitrogens with one attached hydrogen (secondary N) is 1. The number of aromatic nitrogens is 5. The Morgan fingerprint density at radius 1 is 1.06 bits per heavy atom. The largest absolute Gasteiger partial charge is 0.488 e. The normalized spacial score (nSPS) is 17.6. The summed E-state index contributed by atoms with van der Waals surface area (Å²) in [5, 5.41) is 7.93. The van der Waals surface area contributed by atoms with Crippen molar-refractivity contribution in [2.45, 2.75) is 59.2 Å². The summed E-state index contributed by atoms with van der Waals surface area (Å²) in [5.41, 5.74) is 4.73. The first-order valence-electron chi connectivity index (χ1n) is 11.6. The number of anilines is 2. The van der Waals surface area contributed by atoms with Gasteiger partial charge in [-0.15, -0.1) is 0 Å². The Morgan fingerprint density at radius 3 is 2.71 bits per heavy atom. The maximum absolute atomic E-state index is 6.46. The summed E-state index contributed by atoms with van der Waals surface area (Å²) in [6, 6.07) is 10.2. The third kappa shape index (κ3) is 4.87. The molecule has 8 heteroatoms. The maximum Gasteiger partial charge on any atom is 0.154 e. The number of hydrogen-bond donors (Lipinski definition) is 1. The van der Waals surface area contributed by atoms with Crippen molar-refractivity contribution in [3.8, 4) is 16.9 Å². The molecule has 1 fully saturated rings. The van der Waals surface area contributed by atoms with Crippen LogP contribution in [-0.2, 0) is 4.74 Å². The molecule has 0 aliphatic carbocycles. The van der Waals surface area contributed by atoms with Gasteiger partial charge in [0.25, 0.3) is 0 Å². The number of fused-ring (bicyclic) bond motifs is 1. The van der Waals surface area contributed by atoms with E-state index in [1.165, 1.54) is 0 Å². The van der Waals surface area contributed by atoms with Crippen LogP contribution in [0.3, 0.4) is 0 Å². The van der Waals surface area contributed by atoms with E-state index in [2.05, 4.69) is 57.4 Å². The van der Waals surface area contributed by atoms with E-state index in [1.54, 1.807) is 0 Å². The molecule has 8 nitrogen and oxygen atoms in total. The van der Waals surface area contributed by atoms with Crippen molar-refractivity contribution in [2.75, 3.05) is 11.9 Å². The highest BCUT2D eigenvalue weighted by molar-refractivity contribution is 5.75. The van der Waals surface area contributed by atoms with Gasteiger partial charge in [0, 0.05) is 48.1 Å². The molecule has 5 rings (SSSR count). The first kappa shape index (κ1) is 22.3. The Kier molecular flexibility index (Phi) is 5.69. The first-order valence-corrected chi connectivity index (χ1v) is 11.6. The Hall–Kier alpha value is -3.52. The SMILES string of the molecule is Cc1cc(-c2ccn3nc(Nc4cc(C)nc(C)n4)cc3c2)c(O[C@H]2CCOC(C)(C)C2)cn1. The van der Waals surface area contributed by atoms with Crippen molar-refractivity contribution in [2.24, 2.45) is 0 Å². The van der Waals surface area contributed by atoms with Gasteiger partial charge in [-0.25, -0.2) is 14.5 Å². The van der Waals surface area contributed by atoms with Crippen LogP contribution in [0.25, 0.3) is 16.6 Å². The standard InChI is InChI=1S/C26H30N6O2/c1-16-10-22(23(15-27-16)34-21-7-9-33-26(4,5)14-21)19-6-8-32-20(12-19)13-25(31-32)30-24-11-17(2)28-18(3)29-24/h6,8,10-13,15,21H,7,9,14H2,1-5H3,(H,28,29,30,31)/t21-/m0/s1. The van der Waals surface area contributed by atoms with E-state index in [9.17, 15) is 0 Å². The van der Waals surface area contributed by atoms with Gasteiger partial charge in [0.2, 0.25) is 0 Å². The van der Waals surface area contributed by atoms with Gasteiger partial charge in [0.15, 0.2) is 5.82 Å². The van der Waals surface area contributed by atoms with E-state index in [0.717, 1.165) is 64.1 Å². The minimum atomic E-state index is -0.179. The van der Waals surface area contributed by atoms with Crippen LogP contribution >= 0.6 is 0 Å². The van der Waals surface area contributed by atoms with Gasteiger partial charge in [-0.2, -0.15) is 5.10 Å².